The largest absolute Gasteiger partial charge is 0.489 e. The van der Waals surface area contributed by atoms with E-state index in [-0.39, 0.29) is 12.8 Å². The minimum Gasteiger partial charge on any atom is -0.489 e. The van der Waals surface area contributed by atoms with E-state index in [9.17, 15) is 5.11 Å². The topological polar surface area (TPSA) is 106 Å². The molecule has 2 aromatic carbocycles. The number of imidazole rings is 1. The molecule has 0 unspecified atom stereocenters. The highest BCUT2D eigenvalue weighted by Gasteiger charge is 2.17. The van der Waals surface area contributed by atoms with E-state index in [0.717, 1.165) is 52.4 Å². The number of aliphatic hydroxyl groups excluding tert-OH is 1. The molecule has 1 aliphatic rings. The number of hydrogen-bond donors (Lipinski definition) is 1. The van der Waals surface area contributed by atoms with Crippen LogP contribution in [0.1, 0.15) is 33.5 Å². The molecule has 176 valence electrons. The molecule has 8 heteroatoms. The lowest BCUT2D eigenvalue weighted by Gasteiger charge is -2.19. The summed E-state index contributed by atoms with van der Waals surface area (Å²) in [4.78, 5) is 29.7. The van der Waals surface area contributed by atoms with Crippen molar-refractivity contribution in [2.75, 3.05) is 6.54 Å². The van der Waals surface area contributed by atoms with Gasteiger partial charge in [0.15, 0.2) is 0 Å². The Morgan fingerprint density at radius 2 is 1.89 bits per heavy atom. The van der Waals surface area contributed by atoms with Crippen LogP contribution in [0.4, 0.5) is 0 Å². The average molecular weight is 469 g/mol. The quantitative estimate of drug-likeness (QED) is 0.464. The number of aliphatic hydroxyl groups is 1. The van der Waals surface area contributed by atoms with Crippen molar-refractivity contribution in [3.63, 3.8) is 0 Å². The fraction of sp³-hybridized carbons (Fsp3) is 0.185. The van der Waals surface area contributed by atoms with Crippen LogP contribution < -0.4 is 4.74 Å². The van der Waals surface area contributed by atoms with Gasteiger partial charge >= 0.3 is 6.15 Å². The van der Waals surface area contributed by atoms with Crippen LogP contribution >= 0.6 is 0 Å². The Labute approximate surface area is 202 Å². The first-order valence-electron chi connectivity index (χ1n) is 11.1. The van der Waals surface area contributed by atoms with Crippen LogP contribution in [-0.2, 0) is 29.2 Å². The summed E-state index contributed by atoms with van der Waals surface area (Å²) in [5.41, 5.74) is 6.97. The lowest BCUT2D eigenvalue weighted by Crippen LogP contribution is -2.13. The molecule has 0 radical (unpaired) electrons. The molecule has 0 amide bonds. The number of aromatic nitrogens is 3. The molecule has 0 atom stereocenters. The maximum atomic E-state index is 9.97. The number of hydrogen-bond acceptors (Lipinski definition) is 7. The SMILES string of the molecule is Cc1cnc2ncc(/C=C/C3=NCCc4cc(OCc5ccccc5)c(CO)cc43)n2c1.O=C=O. The van der Waals surface area contributed by atoms with Gasteiger partial charge in [-0.3, -0.25) is 9.39 Å². The number of nitrogens with zero attached hydrogens (tertiary/aromatic N) is 4. The maximum Gasteiger partial charge on any atom is 0.373 e. The van der Waals surface area contributed by atoms with Crippen molar-refractivity contribution in [3.05, 3.63) is 101 Å². The molecule has 4 aromatic rings. The second kappa shape index (κ2) is 11.2. The van der Waals surface area contributed by atoms with Gasteiger partial charge in [0.25, 0.3) is 0 Å². The van der Waals surface area contributed by atoms with E-state index >= 15 is 0 Å². The summed E-state index contributed by atoms with van der Waals surface area (Å²) in [6.07, 6.45) is 10.8. The summed E-state index contributed by atoms with van der Waals surface area (Å²) in [6, 6.07) is 14.1. The molecule has 1 N–H and O–H groups in total. The predicted molar refractivity (Wildman–Crippen MR) is 130 cm³/mol. The van der Waals surface area contributed by atoms with Gasteiger partial charge in [-0.15, -0.1) is 0 Å². The molecule has 1 aliphatic heterocycles. The average Bonchev–Trinajstić information content (AvgIpc) is 3.28. The lowest BCUT2D eigenvalue weighted by atomic mass is 9.94. The van der Waals surface area contributed by atoms with E-state index in [1.807, 2.05) is 84.5 Å². The number of rotatable bonds is 6. The van der Waals surface area contributed by atoms with Gasteiger partial charge in [0.2, 0.25) is 5.78 Å². The van der Waals surface area contributed by atoms with Crippen LogP contribution in [0.15, 0.2) is 72.1 Å². The fourth-order valence-electron chi connectivity index (χ4n) is 3.91. The Balaban J connectivity index is 0.000000917. The van der Waals surface area contributed by atoms with Crippen molar-refractivity contribution in [1.29, 1.82) is 0 Å². The van der Waals surface area contributed by atoms with Crippen LogP contribution in [0, 0.1) is 6.92 Å². The van der Waals surface area contributed by atoms with Gasteiger partial charge in [-0.2, -0.15) is 9.59 Å². The number of aryl methyl sites for hydroxylation is 1. The van der Waals surface area contributed by atoms with E-state index < -0.39 is 0 Å². The summed E-state index contributed by atoms with van der Waals surface area (Å²) in [6.45, 7) is 3.11. The first-order valence-corrected chi connectivity index (χ1v) is 11.1. The van der Waals surface area contributed by atoms with Gasteiger partial charge in [-0.25, -0.2) is 9.97 Å². The number of carbonyl (C=O) groups excluding carboxylic acids is 2. The Kier molecular flexibility index (Phi) is 7.57. The molecular formula is C27H24N4O4. The van der Waals surface area contributed by atoms with Gasteiger partial charge in [0.1, 0.15) is 12.4 Å². The smallest absolute Gasteiger partial charge is 0.373 e. The monoisotopic (exact) mass is 468 g/mol. The van der Waals surface area contributed by atoms with Gasteiger partial charge in [-0.05, 0) is 54.3 Å². The molecule has 0 fully saturated rings. The number of benzene rings is 2. The molecular weight excluding hydrogens is 444 g/mol. The third-order valence-electron chi connectivity index (χ3n) is 5.57. The van der Waals surface area contributed by atoms with E-state index in [2.05, 4.69) is 9.97 Å². The van der Waals surface area contributed by atoms with Crippen molar-refractivity contribution in [3.8, 4) is 5.75 Å². The summed E-state index contributed by atoms with van der Waals surface area (Å²) in [5.74, 6) is 1.40. The normalized spacial score (nSPS) is 12.5. The van der Waals surface area contributed by atoms with Crippen molar-refractivity contribution in [2.24, 2.45) is 4.99 Å². The van der Waals surface area contributed by atoms with Gasteiger partial charge < -0.3 is 9.84 Å². The van der Waals surface area contributed by atoms with Crippen LogP contribution in [0.5, 0.6) is 5.75 Å². The molecule has 35 heavy (non-hydrogen) atoms. The van der Waals surface area contributed by atoms with E-state index in [0.29, 0.717) is 12.4 Å². The lowest BCUT2D eigenvalue weighted by molar-refractivity contribution is -0.191. The third-order valence-corrected chi connectivity index (χ3v) is 5.57. The highest BCUT2D eigenvalue weighted by molar-refractivity contribution is 6.12. The second-order valence-corrected chi connectivity index (χ2v) is 7.97. The number of aliphatic imine (C=N–C) groups is 1. The number of fused-ring (bicyclic) bond motifs is 2. The van der Waals surface area contributed by atoms with Gasteiger partial charge in [-0.1, -0.05) is 30.3 Å². The van der Waals surface area contributed by atoms with Crippen molar-refractivity contribution >= 4 is 23.7 Å². The Bertz CT molecular complexity index is 1420. The zero-order chi connectivity index (χ0) is 24.6. The molecule has 2 aromatic heterocycles. The van der Waals surface area contributed by atoms with Crippen LogP contribution in [0.2, 0.25) is 0 Å². The maximum absolute atomic E-state index is 9.97. The Morgan fingerprint density at radius 3 is 2.66 bits per heavy atom. The zero-order valence-corrected chi connectivity index (χ0v) is 19.2. The highest BCUT2D eigenvalue weighted by atomic mass is 16.5. The molecule has 5 rings (SSSR count). The number of ether oxygens (including phenoxy) is 1. The standard InChI is InChI=1S/C26H24N4O2.CO2/c1-18-13-28-26-29-14-22(30(26)15-18)7-8-24-23-11-21(16-31)25(12-20(23)9-10-27-24)32-17-19-5-3-2-4-6-19;2-1-3/h2-8,11-15,31H,9-10,16-17H2,1H3;/b8-7+;. The summed E-state index contributed by atoms with van der Waals surface area (Å²) in [7, 11) is 0. The van der Waals surface area contributed by atoms with Crippen molar-refractivity contribution < 1.29 is 19.4 Å². The molecule has 3 heterocycles. The highest BCUT2D eigenvalue weighted by Crippen LogP contribution is 2.28. The number of allylic oxidation sites excluding steroid dienone is 1. The summed E-state index contributed by atoms with van der Waals surface area (Å²) >= 11 is 0. The molecule has 8 nitrogen and oxygen atoms in total. The van der Waals surface area contributed by atoms with Crippen LogP contribution in [0.3, 0.4) is 0 Å². The van der Waals surface area contributed by atoms with E-state index in [4.69, 9.17) is 19.3 Å². The van der Waals surface area contributed by atoms with Crippen LogP contribution in [0.25, 0.3) is 11.9 Å². The van der Waals surface area contributed by atoms with E-state index in [1.54, 1.807) is 0 Å². The molecule has 0 saturated carbocycles. The van der Waals surface area contributed by atoms with Crippen LogP contribution in [-0.4, -0.2) is 37.9 Å². The molecule has 0 aliphatic carbocycles. The summed E-state index contributed by atoms with van der Waals surface area (Å²) in [5, 5.41) is 9.97. The Morgan fingerprint density at radius 1 is 1.11 bits per heavy atom. The second-order valence-electron chi connectivity index (χ2n) is 7.97. The van der Waals surface area contributed by atoms with Gasteiger partial charge in [0.05, 0.1) is 24.2 Å². The predicted octanol–water partition coefficient (Wildman–Crippen LogP) is 3.58. The zero-order valence-electron chi connectivity index (χ0n) is 19.2. The first kappa shape index (κ1) is 23.8. The minimum absolute atomic E-state index is 0.0907. The molecule has 0 bridgehead atoms. The Hall–Kier alpha value is -4.39. The first-order chi connectivity index (χ1) is 17.1. The van der Waals surface area contributed by atoms with Gasteiger partial charge in [0, 0.05) is 30.1 Å². The van der Waals surface area contributed by atoms with E-state index in [1.165, 1.54) is 5.56 Å². The summed E-state index contributed by atoms with van der Waals surface area (Å²) < 4.78 is 8.03. The third kappa shape index (κ3) is 5.58. The van der Waals surface area contributed by atoms with Crippen molar-refractivity contribution in [2.45, 2.75) is 26.6 Å². The minimum atomic E-state index is -0.0907. The van der Waals surface area contributed by atoms with Crippen molar-refractivity contribution in [1.82, 2.24) is 14.4 Å². The molecule has 0 saturated heterocycles. The molecule has 0 spiro atoms. The fourth-order valence-corrected chi connectivity index (χ4v) is 3.91.